The van der Waals surface area contributed by atoms with Gasteiger partial charge in [-0.15, -0.1) is 0 Å². The van der Waals surface area contributed by atoms with Crippen molar-refractivity contribution < 1.29 is 13.5 Å². The molecule has 0 spiro atoms. The molecule has 1 aliphatic heterocycles. The van der Waals surface area contributed by atoms with E-state index >= 15 is 0 Å². The summed E-state index contributed by atoms with van der Waals surface area (Å²) >= 11 is 0. The number of halogens is 2. The number of pyridine rings is 1. The molecule has 1 aromatic carbocycles. The lowest BCUT2D eigenvalue weighted by Gasteiger charge is -2.20. The van der Waals surface area contributed by atoms with Crippen molar-refractivity contribution in [3.63, 3.8) is 0 Å². The Hall–Kier alpha value is -1.75. The first-order valence-electron chi connectivity index (χ1n) is 8.15. The van der Waals surface area contributed by atoms with Gasteiger partial charge in [-0.1, -0.05) is 13.8 Å². The van der Waals surface area contributed by atoms with Gasteiger partial charge in [0.1, 0.15) is 11.3 Å². The molecule has 0 aliphatic carbocycles. The minimum atomic E-state index is -0.620. The molecule has 1 aromatic heterocycles. The van der Waals surface area contributed by atoms with Crippen LogP contribution in [-0.4, -0.2) is 30.8 Å². The van der Waals surface area contributed by atoms with Gasteiger partial charge in [-0.25, -0.2) is 8.78 Å². The van der Waals surface area contributed by atoms with Crippen LogP contribution in [0.2, 0.25) is 0 Å². The third-order valence-electron chi connectivity index (χ3n) is 4.27. The van der Waals surface area contributed by atoms with Gasteiger partial charge in [0.25, 0.3) is 0 Å². The summed E-state index contributed by atoms with van der Waals surface area (Å²) in [5.41, 5.74) is 1.04. The molecule has 0 radical (unpaired) electrons. The Morgan fingerprint density at radius 1 is 1.35 bits per heavy atom. The first-order chi connectivity index (χ1) is 11.0. The van der Waals surface area contributed by atoms with Crippen molar-refractivity contribution >= 4 is 16.6 Å². The second kappa shape index (κ2) is 6.79. The molecule has 124 valence electrons. The summed E-state index contributed by atoms with van der Waals surface area (Å²) in [6.07, 6.45) is 3.73. The Morgan fingerprint density at radius 2 is 2.17 bits per heavy atom. The lowest BCUT2D eigenvalue weighted by atomic mass is 10.1. The molecule has 1 aliphatic rings. The number of benzene rings is 1. The van der Waals surface area contributed by atoms with Gasteiger partial charge in [-0.05, 0) is 30.9 Å². The lowest BCUT2D eigenvalue weighted by molar-refractivity contribution is 0.0609. The first kappa shape index (κ1) is 16.1. The smallest absolute Gasteiger partial charge is 0.152 e. The molecule has 2 aromatic rings. The zero-order chi connectivity index (χ0) is 16.4. The fraction of sp³-hybridized carbons (Fsp3) is 0.500. The maximum atomic E-state index is 13.9. The van der Waals surface area contributed by atoms with Gasteiger partial charge in [0, 0.05) is 43.0 Å². The van der Waals surface area contributed by atoms with Crippen molar-refractivity contribution in [3.05, 3.63) is 36.0 Å². The number of hydrogen-bond acceptors (Lipinski definition) is 3. The Labute approximate surface area is 135 Å². The monoisotopic (exact) mass is 320 g/mol. The van der Waals surface area contributed by atoms with E-state index in [1.165, 1.54) is 6.07 Å². The summed E-state index contributed by atoms with van der Waals surface area (Å²) < 4.78 is 33.4. The van der Waals surface area contributed by atoms with Gasteiger partial charge in [0.15, 0.2) is 5.82 Å². The highest BCUT2D eigenvalue weighted by atomic mass is 19.1. The fourth-order valence-corrected chi connectivity index (χ4v) is 2.99. The number of nitrogens with zero attached hydrogens (tertiary/aromatic N) is 2. The maximum Gasteiger partial charge on any atom is 0.152 e. The zero-order valence-corrected chi connectivity index (χ0v) is 13.6. The molecule has 1 atom stereocenters. The predicted molar refractivity (Wildman–Crippen MR) is 87.7 cm³/mol. The Balaban J connectivity index is 1.77. The normalized spacial score (nSPS) is 18.3. The van der Waals surface area contributed by atoms with Crippen molar-refractivity contribution in [2.45, 2.75) is 32.8 Å². The summed E-state index contributed by atoms with van der Waals surface area (Å²) in [6, 6.07) is 4.05. The zero-order valence-electron chi connectivity index (χ0n) is 13.6. The van der Waals surface area contributed by atoms with Gasteiger partial charge in [0.2, 0.25) is 0 Å². The highest BCUT2D eigenvalue weighted by Crippen LogP contribution is 2.30. The van der Waals surface area contributed by atoms with Crippen molar-refractivity contribution in [1.29, 1.82) is 0 Å². The number of anilines is 1. The van der Waals surface area contributed by atoms with E-state index in [4.69, 9.17) is 4.74 Å². The number of rotatable bonds is 5. The quantitative estimate of drug-likeness (QED) is 0.827. The largest absolute Gasteiger partial charge is 0.376 e. The molecule has 0 N–H and O–H groups in total. The molecule has 1 fully saturated rings. The van der Waals surface area contributed by atoms with Crippen molar-refractivity contribution in [1.82, 2.24) is 4.98 Å². The Kier molecular flexibility index (Phi) is 4.76. The second-order valence-corrected chi connectivity index (χ2v) is 6.52. The first-order valence-corrected chi connectivity index (χ1v) is 8.15. The molecule has 1 unspecified atom stereocenters. The van der Waals surface area contributed by atoms with E-state index in [9.17, 15) is 8.78 Å². The standard InChI is InChI=1S/C18H22F2N2O/c1-12(2)5-8-23-14-4-7-22(11-14)17-3-6-21-18-15(17)9-13(19)10-16(18)20/h3,6,9-10,12,14H,4-5,7-8,11H2,1-2H3. The van der Waals surface area contributed by atoms with Crippen LogP contribution >= 0.6 is 0 Å². The van der Waals surface area contributed by atoms with Crippen molar-refractivity contribution in [2.75, 3.05) is 24.6 Å². The summed E-state index contributed by atoms with van der Waals surface area (Å²) in [7, 11) is 0. The van der Waals surface area contributed by atoms with Gasteiger partial charge in [-0.3, -0.25) is 4.98 Å². The molecule has 3 nitrogen and oxygen atoms in total. The van der Waals surface area contributed by atoms with Crippen LogP contribution in [0.15, 0.2) is 24.4 Å². The highest BCUT2D eigenvalue weighted by Gasteiger charge is 2.25. The van der Waals surface area contributed by atoms with Gasteiger partial charge in [0.05, 0.1) is 6.10 Å². The van der Waals surface area contributed by atoms with Crippen LogP contribution in [0.5, 0.6) is 0 Å². The van der Waals surface area contributed by atoms with Crippen LogP contribution in [0.4, 0.5) is 14.5 Å². The number of fused-ring (bicyclic) bond motifs is 1. The molecule has 0 saturated carbocycles. The SMILES string of the molecule is CC(C)CCOC1CCN(c2ccnc3c(F)cc(F)cc23)C1. The van der Waals surface area contributed by atoms with Crippen LogP contribution in [0.3, 0.4) is 0 Å². The average Bonchev–Trinajstić information content (AvgIpc) is 2.95. The van der Waals surface area contributed by atoms with Crippen LogP contribution in [-0.2, 0) is 4.74 Å². The van der Waals surface area contributed by atoms with E-state index in [1.807, 2.05) is 6.07 Å². The molecule has 23 heavy (non-hydrogen) atoms. The van der Waals surface area contributed by atoms with Gasteiger partial charge >= 0.3 is 0 Å². The molecule has 0 bridgehead atoms. The van der Waals surface area contributed by atoms with Crippen LogP contribution < -0.4 is 4.90 Å². The molecule has 1 saturated heterocycles. The maximum absolute atomic E-state index is 13.9. The molecular weight excluding hydrogens is 298 g/mol. The summed E-state index contributed by atoms with van der Waals surface area (Å²) in [5.74, 6) is -0.568. The summed E-state index contributed by atoms with van der Waals surface area (Å²) in [4.78, 5) is 6.17. The molecule has 2 heterocycles. The highest BCUT2D eigenvalue weighted by molar-refractivity contribution is 5.92. The van der Waals surface area contributed by atoms with Crippen molar-refractivity contribution in [3.8, 4) is 0 Å². The minimum Gasteiger partial charge on any atom is -0.376 e. The number of ether oxygens (including phenoxy) is 1. The lowest BCUT2D eigenvalue weighted by Crippen LogP contribution is -2.23. The van der Waals surface area contributed by atoms with E-state index in [0.29, 0.717) is 11.3 Å². The number of aromatic nitrogens is 1. The topological polar surface area (TPSA) is 25.4 Å². The van der Waals surface area contributed by atoms with E-state index in [1.54, 1.807) is 6.20 Å². The van der Waals surface area contributed by atoms with Crippen LogP contribution in [0.1, 0.15) is 26.7 Å². The number of hydrogen-bond donors (Lipinski definition) is 0. The van der Waals surface area contributed by atoms with E-state index in [2.05, 4.69) is 23.7 Å². The molecular formula is C18H22F2N2O. The van der Waals surface area contributed by atoms with E-state index in [0.717, 1.165) is 44.3 Å². The Morgan fingerprint density at radius 3 is 2.96 bits per heavy atom. The molecule has 5 heteroatoms. The Bertz CT molecular complexity index is 690. The van der Waals surface area contributed by atoms with Crippen LogP contribution in [0, 0.1) is 17.6 Å². The molecule has 0 amide bonds. The second-order valence-electron chi connectivity index (χ2n) is 6.52. The van der Waals surface area contributed by atoms with E-state index < -0.39 is 11.6 Å². The third-order valence-corrected chi connectivity index (χ3v) is 4.27. The van der Waals surface area contributed by atoms with Gasteiger partial charge in [-0.2, -0.15) is 0 Å². The average molecular weight is 320 g/mol. The van der Waals surface area contributed by atoms with Gasteiger partial charge < -0.3 is 9.64 Å². The van der Waals surface area contributed by atoms with E-state index in [-0.39, 0.29) is 11.6 Å². The van der Waals surface area contributed by atoms with Crippen molar-refractivity contribution in [2.24, 2.45) is 5.92 Å². The molecule has 3 rings (SSSR count). The minimum absolute atomic E-state index is 0.176. The fourth-order valence-electron chi connectivity index (χ4n) is 2.99. The summed E-state index contributed by atoms with van der Waals surface area (Å²) in [5, 5.41) is 0.521. The van der Waals surface area contributed by atoms with Crippen LogP contribution in [0.25, 0.3) is 10.9 Å². The summed E-state index contributed by atoms with van der Waals surface area (Å²) in [6.45, 7) is 6.68. The third kappa shape index (κ3) is 3.61. The predicted octanol–water partition coefficient (Wildman–Crippen LogP) is 4.15.